The zero-order valence-electron chi connectivity index (χ0n) is 11.4. The molecule has 0 spiro atoms. The number of carbonyl (C=O) groups is 1. The van der Waals surface area contributed by atoms with Crippen molar-refractivity contribution in [1.82, 2.24) is 0 Å². The molecule has 1 aromatic carbocycles. The third-order valence-electron chi connectivity index (χ3n) is 3.67. The molecule has 0 aliphatic carbocycles. The molecule has 100 valence electrons. The molecular formula is C15H23NO2. The highest BCUT2D eigenvalue weighted by Crippen LogP contribution is 2.27. The number of carboxylic acids is 1. The molecular weight excluding hydrogens is 226 g/mol. The zero-order valence-corrected chi connectivity index (χ0v) is 11.4. The molecule has 0 saturated carbocycles. The van der Waals surface area contributed by atoms with E-state index in [0.717, 1.165) is 12.0 Å². The van der Waals surface area contributed by atoms with Gasteiger partial charge in [0.1, 0.15) is 0 Å². The summed E-state index contributed by atoms with van der Waals surface area (Å²) in [6.07, 6.45) is 1.67. The van der Waals surface area contributed by atoms with Crippen LogP contribution in [0.1, 0.15) is 57.2 Å². The van der Waals surface area contributed by atoms with Crippen LogP contribution < -0.4 is 5.73 Å². The zero-order chi connectivity index (χ0) is 13.8. The average molecular weight is 249 g/mol. The minimum absolute atomic E-state index is 0.114. The minimum atomic E-state index is -0.797. The Morgan fingerprint density at radius 3 is 2.33 bits per heavy atom. The first-order valence-corrected chi connectivity index (χ1v) is 6.44. The van der Waals surface area contributed by atoms with Gasteiger partial charge >= 0.3 is 5.97 Å². The molecule has 0 heterocycles. The van der Waals surface area contributed by atoms with Crippen LogP contribution in [0.5, 0.6) is 0 Å². The second kappa shape index (κ2) is 6.01. The lowest BCUT2D eigenvalue weighted by molar-refractivity contribution is -0.137. The highest BCUT2D eigenvalue weighted by molar-refractivity contribution is 5.66. The third-order valence-corrected chi connectivity index (χ3v) is 3.67. The molecule has 0 aromatic heterocycles. The van der Waals surface area contributed by atoms with Crippen LogP contribution in [-0.4, -0.2) is 11.1 Å². The predicted molar refractivity (Wildman–Crippen MR) is 73.6 cm³/mol. The smallest absolute Gasteiger partial charge is 0.303 e. The fourth-order valence-electron chi connectivity index (χ4n) is 1.83. The van der Waals surface area contributed by atoms with E-state index in [1.54, 1.807) is 0 Å². The normalized spacial score (nSPS) is 13.3. The Balaban J connectivity index is 2.73. The fraction of sp³-hybridized carbons (Fsp3) is 0.533. The number of hydrogen-bond acceptors (Lipinski definition) is 2. The van der Waals surface area contributed by atoms with Crippen LogP contribution in [0.4, 0.5) is 0 Å². The van der Waals surface area contributed by atoms with Gasteiger partial charge in [-0.05, 0) is 29.4 Å². The number of hydrogen-bond donors (Lipinski definition) is 2. The number of rotatable bonds is 6. The lowest BCUT2D eigenvalue weighted by Gasteiger charge is -2.24. The number of aliphatic carboxylic acids is 1. The van der Waals surface area contributed by atoms with Gasteiger partial charge in [0.25, 0.3) is 0 Å². The van der Waals surface area contributed by atoms with Gasteiger partial charge in [0.2, 0.25) is 0 Å². The summed E-state index contributed by atoms with van der Waals surface area (Å²) >= 11 is 0. The van der Waals surface area contributed by atoms with Crippen molar-refractivity contribution < 1.29 is 9.90 Å². The quantitative estimate of drug-likeness (QED) is 0.813. The molecule has 0 saturated heterocycles. The van der Waals surface area contributed by atoms with E-state index in [1.807, 2.05) is 12.1 Å². The van der Waals surface area contributed by atoms with Gasteiger partial charge in [0, 0.05) is 12.5 Å². The van der Waals surface area contributed by atoms with E-state index in [2.05, 4.69) is 32.9 Å². The Morgan fingerprint density at radius 2 is 1.89 bits per heavy atom. The molecule has 1 aromatic rings. The minimum Gasteiger partial charge on any atom is -0.481 e. The van der Waals surface area contributed by atoms with Gasteiger partial charge in [0.05, 0.1) is 0 Å². The van der Waals surface area contributed by atoms with E-state index < -0.39 is 5.97 Å². The highest BCUT2D eigenvalue weighted by Gasteiger charge is 2.18. The molecule has 0 radical (unpaired) electrons. The lowest BCUT2D eigenvalue weighted by atomic mass is 9.81. The molecule has 1 unspecified atom stereocenters. The van der Waals surface area contributed by atoms with Crippen molar-refractivity contribution >= 4 is 5.97 Å². The number of benzene rings is 1. The third kappa shape index (κ3) is 3.84. The first-order valence-electron chi connectivity index (χ1n) is 6.44. The van der Waals surface area contributed by atoms with Crippen molar-refractivity contribution in [2.75, 3.05) is 0 Å². The molecule has 0 amide bonds. The van der Waals surface area contributed by atoms with E-state index in [9.17, 15) is 4.79 Å². The van der Waals surface area contributed by atoms with Crippen LogP contribution in [0.2, 0.25) is 0 Å². The maximum absolute atomic E-state index is 10.5. The van der Waals surface area contributed by atoms with Gasteiger partial charge in [0.15, 0.2) is 0 Å². The van der Waals surface area contributed by atoms with E-state index in [-0.39, 0.29) is 17.9 Å². The Hall–Kier alpha value is -1.35. The summed E-state index contributed by atoms with van der Waals surface area (Å²) in [6.45, 7) is 6.60. The SMILES string of the molecule is CCC(C)(C)c1ccc(C(N)CCC(=O)O)cc1. The van der Waals surface area contributed by atoms with Gasteiger partial charge in [-0.2, -0.15) is 0 Å². The fourth-order valence-corrected chi connectivity index (χ4v) is 1.83. The molecule has 3 heteroatoms. The summed E-state index contributed by atoms with van der Waals surface area (Å²) in [4.78, 5) is 10.5. The summed E-state index contributed by atoms with van der Waals surface area (Å²) in [6, 6.07) is 8.03. The van der Waals surface area contributed by atoms with E-state index >= 15 is 0 Å². The molecule has 3 nitrogen and oxygen atoms in total. The van der Waals surface area contributed by atoms with Crippen LogP contribution in [0, 0.1) is 0 Å². The van der Waals surface area contributed by atoms with Gasteiger partial charge in [-0.3, -0.25) is 4.79 Å². The Bertz CT molecular complexity index is 395. The largest absolute Gasteiger partial charge is 0.481 e. The maximum atomic E-state index is 10.5. The second-order valence-electron chi connectivity index (χ2n) is 5.40. The monoisotopic (exact) mass is 249 g/mol. The van der Waals surface area contributed by atoms with Crippen molar-refractivity contribution in [2.45, 2.75) is 51.5 Å². The molecule has 0 fully saturated rings. The van der Waals surface area contributed by atoms with Crippen molar-refractivity contribution in [1.29, 1.82) is 0 Å². The van der Waals surface area contributed by atoms with Crippen LogP contribution in [0.15, 0.2) is 24.3 Å². The van der Waals surface area contributed by atoms with Crippen LogP contribution in [0.25, 0.3) is 0 Å². The molecule has 0 bridgehead atoms. The molecule has 1 atom stereocenters. The summed E-state index contributed by atoms with van der Waals surface area (Å²) in [5, 5.41) is 8.64. The van der Waals surface area contributed by atoms with E-state index in [0.29, 0.717) is 6.42 Å². The Kier molecular flexibility index (Phi) is 4.91. The molecule has 0 aliphatic heterocycles. The lowest BCUT2D eigenvalue weighted by Crippen LogP contribution is -2.16. The summed E-state index contributed by atoms with van der Waals surface area (Å²) in [7, 11) is 0. The number of nitrogens with two attached hydrogens (primary N) is 1. The van der Waals surface area contributed by atoms with Gasteiger partial charge < -0.3 is 10.8 Å². The van der Waals surface area contributed by atoms with Crippen molar-refractivity contribution in [3.8, 4) is 0 Å². The second-order valence-corrected chi connectivity index (χ2v) is 5.40. The van der Waals surface area contributed by atoms with Gasteiger partial charge in [-0.25, -0.2) is 0 Å². The van der Waals surface area contributed by atoms with Crippen LogP contribution in [0.3, 0.4) is 0 Å². The summed E-state index contributed by atoms with van der Waals surface area (Å²) < 4.78 is 0. The van der Waals surface area contributed by atoms with Gasteiger partial charge in [-0.15, -0.1) is 0 Å². The van der Waals surface area contributed by atoms with Gasteiger partial charge in [-0.1, -0.05) is 45.0 Å². The van der Waals surface area contributed by atoms with Crippen molar-refractivity contribution in [3.05, 3.63) is 35.4 Å². The summed E-state index contributed by atoms with van der Waals surface area (Å²) in [5.74, 6) is -0.797. The number of carboxylic acid groups (broad SMARTS) is 1. The maximum Gasteiger partial charge on any atom is 0.303 e. The Labute approximate surface area is 109 Å². The molecule has 3 N–H and O–H groups in total. The van der Waals surface area contributed by atoms with Crippen molar-refractivity contribution in [2.24, 2.45) is 5.73 Å². The molecule has 1 rings (SSSR count). The summed E-state index contributed by atoms with van der Waals surface area (Å²) in [5.41, 5.74) is 8.44. The van der Waals surface area contributed by atoms with Crippen LogP contribution >= 0.6 is 0 Å². The van der Waals surface area contributed by atoms with E-state index in [4.69, 9.17) is 10.8 Å². The standard InChI is InChI=1S/C15H23NO2/c1-4-15(2,3)12-7-5-11(6-8-12)13(16)9-10-14(17)18/h5-8,13H,4,9-10,16H2,1-3H3,(H,17,18). The van der Waals surface area contributed by atoms with Crippen molar-refractivity contribution in [3.63, 3.8) is 0 Å². The molecule has 18 heavy (non-hydrogen) atoms. The molecule has 0 aliphatic rings. The Morgan fingerprint density at radius 1 is 1.33 bits per heavy atom. The highest BCUT2D eigenvalue weighted by atomic mass is 16.4. The first kappa shape index (κ1) is 14.7. The average Bonchev–Trinajstić information content (AvgIpc) is 2.36. The predicted octanol–water partition coefficient (Wildman–Crippen LogP) is 3.24. The van der Waals surface area contributed by atoms with Crippen LogP contribution in [-0.2, 0) is 10.2 Å². The first-order chi connectivity index (χ1) is 8.36. The topological polar surface area (TPSA) is 63.3 Å². The van der Waals surface area contributed by atoms with E-state index in [1.165, 1.54) is 5.56 Å².